The Balaban J connectivity index is 1.94. The summed E-state index contributed by atoms with van der Waals surface area (Å²) in [5, 5.41) is 19.2. The minimum Gasteiger partial charge on any atom is -0.246 e. The third-order valence-corrected chi connectivity index (χ3v) is 2.72. The number of benzene rings is 1. The lowest BCUT2D eigenvalue weighted by molar-refractivity contribution is 0.626. The maximum Gasteiger partial charge on any atom is 0.240 e. The maximum atomic E-state index is 13.3. The molecule has 2 N–H and O–H groups in total. The van der Waals surface area contributed by atoms with Crippen molar-refractivity contribution in [1.29, 1.82) is 5.26 Å². The van der Waals surface area contributed by atoms with E-state index in [9.17, 15) is 4.39 Å². The molecule has 96 valence electrons. The number of nitriles is 1. The van der Waals surface area contributed by atoms with Crippen LogP contribution in [-0.4, -0.2) is 27.1 Å². The van der Waals surface area contributed by atoms with Gasteiger partial charge in [-0.1, -0.05) is 30.0 Å². The number of halogens is 1. The van der Waals surface area contributed by atoms with Gasteiger partial charge in [-0.3, -0.25) is 0 Å². The number of rotatable bonds is 5. The number of hydrazone groups is 1. The van der Waals surface area contributed by atoms with Crippen molar-refractivity contribution in [3.8, 4) is 6.07 Å². The Hall–Kier alpha value is -2.40. The fraction of sp³-hybridized carbons (Fsp3) is 0.0909. The highest BCUT2D eigenvalue weighted by Gasteiger charge is 2.02. The molecule has 19 heavy (non-hydrogen) atoms. The molecule has 0 unspecified atom stereocenters. The lowest BCUT2D eigenvalue weighted by Crippen LogP contribution is -1.94. The monoisotopic (exact) mass is 276 g/mol. The van der Waals surface area contributed by atoms with Crippen LogP contribution in [0.2, 0.25) is 0 Å². The first-order valence-corrected chi connectivity index (χ1v) is 6.24. The van der Waals surface area contributed by atoms with Crippen molar-refractivity contribution in [1.82, 2.24) is 15.2 Å². The molecule has 1 aromatic carbocycles. The van der Waals surface area contributed by atoms with Crippen LogP contribution in [0.4, 0.5) is 10.3 Å². The van der Waals surface area contributed by atoms with E-state index in [1.807, 2.05) is 6.07 Å². The van der Waals surface area contributed by atoms with Crippen LogP contribution < -0.4 is 5.43 Å². The van der Waals surface area contributed by atoms with Gasteiger partial charge >= 0.3 is 0 Å². The average Bonchev–Trinajstić information content (AvgIpc) is 2.86. The third-order valence-electron chi connectivity index (χ3n) is 2.01. The van der Waals surface area contributed by atoms with Gasteiger partial charge in [-0.25, -0.2) is 14.9 Å². The van der Waals surface area contributed by atoms with Crippen LogP contribution in [-0.2, 0) is 0 Å². The number of aromatic nitrogens is 3. The first-order valence-electron chi connectivity index (χ1n) is 5.25. The van der Waals surface area contributed by atoms with E-state index in [2.05, 4.69) is 25.7 Å². The van der Waals surface area contributed by atoms with Crippen molar-refractivity contribution >= 4 is 23.9 Å². The SMILES string of the molecule is N#CCSc1n[nH]c(NN=Cc2ccccc2F)n1. The Morgan fingerprint density at radius 3 is 3.16 bits per heavy atom. The highest BCUT2D eigenvalue weighted by Crippen LogP contribution is 2.12. The minimum atomic E-state index is -0.351. The molecule has 0 fully saturated rings. The predicted molar refractivity (Wildman–Crippen MR) is 70.3 cm³/mol. The van der Waals surface area contributed by atoms with E-state index >= 15 is 0 Å². The van der Waals surface area contributed by atoms with Gasteiger partial charge in [0.05, 0.1) is 18.0 Å². The van der Waals surface area contributed by atoms with Crippen molar-refractivity contribution in [2.24, 2.45) is 5.10 Å². The molecular weight excluding hydrogens is 267 g/mol. The third kappa shape index (κ3) is 3.79. The summed E-state index contributed by atoms with van der Waals surface area (Å²) in [6.45, 7) is 0. The molecule has 0 atom stereocenters. The lowest BCUT2D eigenvalue weighted by atomic mass is 10.2. The molecule has 0 aliphatic carbocycles. The zero-order valence-corrected chi connectivity index (χ0v) is 10.5. The normalized spacial score (nSPS) is 10.5. The molecular formula is C11H9FN6S. The Labute approximate surface area is 112 Å². The quantitative estimate of drug-likeness (QED) is 0.495. The second-order valence-corrected chi connectivity index (χ2v) is 4.25. The fourth-order valence-corrected chi connectivity index (χ4v) is 1.66. The zero-order valence-electron chi connectivity index (χ0n) is 9.67. The van der Waals surface area contributed by atoms with Crippen molar-refractivity contribution in [2.45, 2.75) is 5.16 Å². The number of nitrogens with one attached hydrogen (secondary N) is 2. The summed E-state index contributed by atoms with van der Waals surface area (Å²) in [5.74, 6) is 0.249. The van der Waals surface area contributed by atoms with Gasteiger partial charge in [0, 0.05) is 5.56 Å². The van der Waals surface area contributed by atoms with E-state index in [1.54, 1.807) is 18.2 Å². The number of aromatic amines is 1. The standard InChI is InChI=1S/C11H9FN6S/c12-9-4-2-1-3-8(9)7-14-16-10-15-11(18-17-10)19-6-5-13/h1-4,7H,6H2,(H2,15,16,17,18). The summed E-state index contributed by atoms with van der Waals surface area (Å²) in [7, 11) is 0. The Morgan fingerprint density at radius 1 is 1.53 bits per heavy atom. The molecule has 0 aliphatic heterocycles. The van der Waals surface area contributed by atoms with E-state index in [4.69, 9.17) is 5.26 Å². The summed E-state index contributed by atoms with van der Waals surface area (Å²) in [5.41, 5.74) is 2.96. The Kier molecular flexibility index (Phi) is 4.47. The van der Waals surface area contributed by atoms with Gasteiger partial charge in [-0.05, 0) is 6.07 Å². The molecule has 2 rings (SSSR count). The number of thioether (sulfide) groups is 1. The first kappa shape index (κ1) is 13.0. The molecule has 0 radical (unpaired) electrons. The zero-order chi connectivity index (χ0) is 13.5. The van der Waals surface area contributed by atoms with Gasteiger partial charge in [0.15, 0.2) is 0 Å². The molecule has 1 heterocycles. The Bertz CT molecular complexity index is 618. The molecule has 8 heteroatoms. The van der Waals surface area contributed by atoms with E-state index in [1.165, 1.54) is 24.0 Å². The summed E-state index contributed by atoms with van der Waals surface area (Å²) < 4.78 is 13.3. The number of anilines is 1. The van der Waals surface area contributed by atoms with Crippen LogP contribution >= 0.6 is 11.8 Å². The van der Waals surface area contributed by atoms with Gasteiger partial charge in [0.25, 0.3) is 0 Å². The van der Waals surface area contributed by atoms with Crippen molar-refractivity contribution in [2.75, 3.05) is 11.2 Å². The summed E-state index contributed by atoms with van der Waals surface area (Å²) in [6.07, 6.45) is 1.35. The molecule has 0 saturated heterocycles. The lowest BCUT2D eigenvalue weighted by Gasteiger charge is -1.95. The summed E-state index contributed by atoms with van der Waals surface area (Å²) in [4.78, 5) is 4.03. The van der Waals surface area contributed by atoms with Crippen molar-refractivity contribution in [3.05, 3.63) is 35.6 Å². The number of hydrogen-bond donors (Lipinski definition) is 2. The smallest absolute Gasteiger partial charge is 0.240 e. The van der Waals surface area contributed by atoms with Crippen LogP contribution in [0, 0.1) is 17.1 Å². The highest BCUT2D eigenvalue weighted by molar-refractivity contribution is 7.99. The molecule has 0 aliphatic rings. The van der Waals surface area contributed by atoms with Crippen LogP contribution in [0.3, 0.4) is 0 Å². The van der Waals surface area contributed by atoms with E-state index in [-0.39, 0.29) is 11.6 Å². The fourth-order valence-electron chi connectivity index (χ4n) is 1.20. The molecule has 1 aromatic heterocycles. The van der Waals surface area contributed by atoms with Crippen molar-refractivity contribution in [3.63, 3.8) is 0 Å². The largest absolute Gasteiger partial charge is 0.246 e. The number of H-pyrrole nitrogens is 1. The molecule has 6 nitrogen and oxygen atoms in total. The second kappa shape index (κ2) is 6.51. The number of hydrogen-bond acceptors (Lipinski definition) is 6. The van der Waals surface area contributed by atoms with Crippen LogP contribution in [0.15, 0.2) is 34.5 Å². The van der Waals surface area contributed by atoms with Gasteiger partial charge < -0.3 is 0 Å². The van der Waals surface area contributed by atoms with E-state index in [0.717, 1.165) is 0 Å². The highest BCUT2D eigenvalue weighted by atomic mass is 32.2. The topological polar surface area (TPSA) is 89.8 Å². The predicted octanol–water partition coefficient (Wildman–Crippen LogP) is 2.01. The molecule has 0 amide bonds. The van der Waals surface area contributed by atoms with Crippen LogP contribution in [0.5, 0.6) is 0 Å². The summed E-state index contributed by atoms with van der Waals surface area (Å²) >= 11 is 1.21. The van der Waals surface area contributed by atoms with Crippen LogP contribution in [0.1, 0.15) is 5.56 Å². The average molecular weight is 276 g/mol. The molecule has 0 spiro atoms. The van der Waals surface area contributed by atoms with Gasteiger partial charge in [-0.2, -0.15) is 15.3 Å². The van der Waals surface area contributed by atoms with E-state index < -0.39 is 0 Å². The second-order valence-electron chi connectivity index (χ2n) is 3.30. The number of nitrogens with zero attached hydrogens (tertiary/aromatic N) is 4. The molecule has 2 aromatic rings. The van der Waals surface area contributed by atoms with Gasteiger partial charge in [0.2, 0.25) is 11.1 Å². The van der Waals surface area contributed by atoms with Gasteiger partial charge in [-0.15, -0.1) is 5.10 Å². The minimum absolute atomic E-state index is 0.274. The van der Waals surface area contributed by atoms with Crippen molar-refractivity contribution < 1.29 is 4.39 Å². The summed E-state index contributed by atoms with van der Waals surface area (Å²) in [6, 6.07) is 8.26. The first-order chi connectivity index (χ1) is 9.29. The van der Waals surface area contributed by atoms with Crippen LogP contribution in [0.25, 0.3) is 0 Å². The Morgan fingerprint density at radius 2 is 2.37 bits per heavy atom. The maximum absolute atomic E-state index is 13.3. The van der Waals surface area contributed by atoms with Gasteiger partial charge in [0.1, 0.15) is 5.82 Å². The molecule has 0 bridgehead atoms. The van der Waals surface area contributed by atoms with E-state index in [0.29, 0.717) is 16.7 Å². The molecule has 0 saturated carbocycles.